The van der Waals surface area contributed by atoms with Crippen LogP contribution < -0.4 is 4.72 Å². The van der Waals surface area contributed by atoms with Gasteiger partial charge in [-0.05, 0) is 12.5 Å². The highest BCUT2D eigenvalue weighted by Gasteiger charge is 2.34. The lowest BCUT2D eigenvalue weighted by molar-refractivity contribution is -0.141. The number of esters is 1. The van der Waals surface area contributed by atoms with Crippen LogP contribution in [0.5, 0.6) is 0 Å². The van der Waals surface area contributed by atoms with Crippen molar-refractivity contribution in [2.24, 2.45) is 0 Å². The molecule has 0 amide bonds. The number of carbonyl (C=O) groups excluding carboxylic acids is 1. The summed E-state index contributed by atoms with van der Waals surface area (Å²) >= 11 is 16.5. The zero-order chi connectivity index (χ0) is 18.4. The molecule has 24 heavy (non-hydrogen) atoms. The molecule has 0 aromatic heterocycles. The lowest BCUT2D eigenvalue weighted by Gasteiger charge is -2.30. The Bertz CT molecular complexity index is 648. The number of carbonyl (C=O) groups is 1. The molecule has 0 fully saturated rings. The minimum Gasteiger partial charge on any atom is -0.466 e. The molecule has 1 atom stereocenters. The van der Waals surface area contributed by atoms with Gasteiger partial charge in [0.25, 0.3) is 0 Å². The van der Waals surface area contributed by atoms with Gasteiger partial charge < -0.3 is 4.74 Å². The summed E-state index contributed by atoms with van der Waals surface area (Å²) in [5.41, 5.74) is -0.415. The number of halogens is 3. The molecule has 6 nitrogen and oxygen atoms in total. The Morgan fingerprint density at radius 2 is 1.79 bits per heavy atom. The van der Waals surface area contributed by atoms with E-state index in [1.807, 2.05) is 0 Å². The van der Waals surface area contributed by atoms with Gasteiger partial charge in [-0.25, -0.2) is 0 Å². The van der Waals surface area contributed by atoms with Crippen LogP contribution in [0, 0.1) is 0 Å². The molecule has 0 aliphatic heterocycles. The molecular formula is C14H18Cl3NO5S. The van der Waals surface area contributed by atoms with Crippen LogP contribution in [0.1, 0.15) is 25.8 Å². The SMILES string of the molecule is CC(=O)OCCC(C)(NS(=O)(=O)OCC(Cl)(Cl)Cl)c1ccccc1. The molecule has 136 valence electrons. The number of ether oxygens (including phenoxy) is 1. The molecule has 0 spiro atoms. The molecule has 1 rings (SSSR count). The van der Waals surface area contributed by atoms with E-state index >= 15 is 0 Å². The van der Waals surface area contributed by atoms with E-state index in [0.29, 0.717) is 5.56 Å². The first-order chi connectivity index (χ1) is 10.9. The van der Waals surface area contributed by atoms with E-state index in [1.165, 1.54) is 6.92 Å². The van der Waals surface area contributed by atoms with E-state index in [0.717, 1.165) is 0 Å². The Hall–Kier alpha value is -0.570. The van der Waals surface area contributed by atoms with Crippen molar-refractivity contribution in [2.75, 3.05) is 13.2 Å². The number of hydrogen-bond donors (Lipinski definition) is 1. The summed E-state index contributed by atoms with van der Waals surface area (Å²) in [5.74, 6) is -0.458. The molecule has 1 aromatic rings. The molecule has 0 aliphatic carbocycles. The zero-order valence-electron chi connectivity index (χ0n) is 13.1. The van der Waals surface area contributed by atoms with Gasteiger partial charge in [-0.15, -0.1) is 0 Å². The number of hydrogen-bond acceptors (Lipinski definition) is 5. The molecule has 0 saturated heterocycles. The quantitative estimate of drug-likeness (QED) is 0.518. The smallest absolute Gasteiger partial charge is 0.336 e. The van der Waals surface area contributed by atoms with Gasteiger partial charge in [0.15, 0.2) is 0 Å². The number of nitrogens with one attached hydrogen (secondary N) is 1. The highest BCUT2D eigenvalue weighted by molar-refractivity contribution is 7.84. The van der Waals surface area contributed by atoms with Crippen LogP contribution in [0.25, 0.3) is 0 Å². The van der Waals surface area contributed by atoms with Crippen LogP contribution in [0.2, 0.25) is 0 Å². The molecule has 1 aromatic carbocycles. The van der Waals surface area contributed by atoms with Crippen LogP contribution >= 0.6 is 34.8 Å². The number of rotatable bonds is 8. The van der Waals surface area contributed by atoms with Gasteiger partial charge in [-0.1, -0.05) is 65.1 Å². The van der Waals surface area contributed by atoms with Crippen LogP contribution in [0.4, 0.5) is 0 Å². The Balaban J connectivity index is 2.95. The normalized spacial score (nSPS) is 14.9. The fourth-order valence-corrected chi connectivity index (χ4v) is 3.43. The Morgan fingerprint density at radius 1 is 1.21 bits per heavy atom. The minimum atomic E-state index is -4.22. The zero-order valence-corrected chi connectivity index (χ0v) is 16.2. The Kier molecular flexibility index (Phi) is 7.77. The van der Waals surface area contributed by atoms with Gasteiger partial charge in [0.05, 0.1) is 12.1 Å². The standard InChI is InChI=1S/C14H18Cl3NO5S/c1-11(19)22-9-8-13(2,12-6-4-3-5-7-12)18-24(20,21)23-10-14(15,16)17/h3-7,18H,8-10H2,1-2H3. The Labute approximate surface area is 156 Å². The first-order valence-corrected chi connectivity index (χ1v) is 9.42. The largest absolute Gasteiger partial charge is 0.466 e. The summed E-state index contributed by atoms with van der Waals surface area (Å²) in [7, 11) is -4.22. The monoisotopic (exact) mass is 417 g/mol. The molecule has 0 radical (unpaired) electrons. The summed E-state index contributed by atoms with van der Waals surface area (Å²) < 4.78 is 34.4. The second-order valence-electron chi connectivity index (χ2n) is 5.22. The average molecular weight is 419 g/mol. The summed E-state index contributed by atoms with van der Waals surface area (Å²) in [5, 5.41) is 0. The third kappa shape index (κ3) is 8.00. The molecule has 0 aliphatic rings. The number of benzene rings is 1. The van der Waals surface area contributed by atoms with Crippen molar-refractivity contribution >= 4 is 51.1 Å². The highest BCUT2D eigenvalue weighted by Crippen LogP contribution is 2.29. The molecule has 0 heterocycles. The van der Waals surface area contributed by atoms with Crippen molar-refractivity contribution in [3.8, 4) is 0 Å². The van der Waals surface area contributed by atoms with E-state index in [-0.39, 0.29) is 13.0 Å². The second-order valence-corrected chi connectivity index (χ2v) is 9.09. The lowest BCUT2D eigenvalue weighted by Crippen LogP contribution is -2.45. The first-order valence-electron chi connectivity index (χ1n) is 6.87. The van der Waals surface area contributed by atoms with Gasteiger partial charge in [-0.3, -0.25) is 8.98 Å². The summed E-state index contributed by atoms with van der Waals surface area (Å²) in [6.45, 7) is 2.30. The first kappa shape index (κ1) is 21.5. The minimum absolute atomic E-state index is 0.0215. The topological polar surface area (TPSA) is 81.7 Å². The van der Waals surface area contributed by atoms with Crippen molar-refractivity contribution in [3.63, 3.8) is 0 Å². The van der Waals surface area contributed by atoms with Gasteiger partial charge in [0.1, 0.15) is 6.61 Å². The van der Waals surface area contributed by atoms with Gasteiger partial charge in [0.2, 0.25) is 3.79 Å². The van der Waals surface area contributed by atoms with Crippen molar-refractivity contribution in [3.05, 3.63) is 35.9 Å². The van der Waals surface area contributed by atoms with Gasteiger partial charge in [-0.2, -0.15) is 13.1 Å². The van der Waals surface area contributed by atoms with Crippen molar-refractivity contribution in [2.45, 2.75) is 29.6 Å². The fraction of sp³-hybridized carbons (Fsp3) is 0.500. The van der Waals surface area contributed by atoms with Gasteiger partial charge >= 0.3 is 16.3 Å². The Morgan fingerprint density at radius 3 is 2.29 bits per heavy atom. The molecule has 0 bridgehead atoms. The van der Waals surface area contributed by atoms with Gasteiger partial charge in [0, 0.05) is 13.3 Å². The van der Waals surface area contributed by atoms with Crippen molar-refractivity contribution in [1.82, 2.24) is 4.72 Å². The van der Waals surface area contributed by atoms with Crippen molar-refractivity contribution in [1.29, 1.82) is 0 Å². The highest BCUT2D eigenvalue weighted by atomic mass is 35.6. The van der Waals surface area contributed by atoms with E-state index in [4.69, 9.17) is 43.7 Å². The van der Waals surface area contributed by atoms with E-state index < -0.39 is 32.2 Å². The maximum Gasteiger partial charge on any atom is 0.336 e. The maximum absolute atomic E-state index is 12.1. The fourth-order valence-electron chi connectivity index (χ4n) is 1.91. The lowest BCUT2D eigenvalue weighted by atomic mass is 9.90. The third-order valence-electron chi connectivity index (χ3n) is 3.05. The molecule has 0 saturated carbocycles. The molecular weight excluding hydrogens is 401 g/mol. The van der Waals surface area contributed by atoms with Crippen LogP contribution in [-0.4, -0.2) is 31.4 Å². The number of alkyl halides is 3. The van der Waals surface area contributed by atoms with E-state index in [9.17, 15) is 13.2 Å². The predicted molar refractivity (Wildman–Crippen MR) is 93.3 cm³/mol. The molecule has 1 N–H and O–H groups in total. The summed E-state index contributed by atoms with van der Waals surface area (Å²) in [6, 6.07) is 8.80. The second kappa shape index (κ2) is 8.69. The maximum atomic E-state index is 12.1. The van der Waals surface area contributed by atoms with Crippen LogP contribution in [0.3, 0.4) is 0 Å². The van der Waals surface area contributed by atoms with Crippen molar-refractivity contribution < 1.29 is 22.1 Å². The summed E-state index contributed by atoms with van der Waals surface area (Å²) in [4.78, 5) is 10.9. The molecule has 10 heteroatoms. The van der Waals surface area contributed by atoms with E-state index in [2.05, 4.69) is 4.72 Å². The summed E-state index contributed by atoms with van der Waals surface area (Å²) in [6.07, 6.45) is 0.187. The van der Waals surface area contributed by atoms with Crippen LogP contribution in [0.15, 0.2) is 30.3 Å². The third-order valence-corrected chi connectivity index (χ3v) is 4.50. The van der Waals surface area contributed by atoms with E-state index in [1.54, 1.807) is 37.3 Å². The van der Waals surface area contributed by atoms with Crippen LogP contribution in [-0.2, 0) is 29.6 Å². The average Bonchev–Trinajstić information content (AvgIpc) is 2.45. The predicted octanol–water partition coefficient (Wildman–Crippen LogP) is 3.08. The molecule has 1 unspecified atom stereocenters.